The summed E-state index contributed by atoms with van der Waals surface area (Å²) in [5, 5.41) is 0.342. The van der Waals surface area contributed by atoms with E-state index in [1.165, 1.54) is 0 Å². The average molecular weight is 351 g/mol. The lowest BCUT2D eigenvalue weighted by molar-refractivity contribution is 0.261. The van der Waals surface area contributed by atoms with Crippen LogP contribution in [0.2, 0.25) is 10.4 Å². The maximum atomic E-state index is 6.05. The van der Waals surface area contributed by atoms with E-state index < -0.39 is 0 Å². The highest BCUT2D eigenvalue weighted by molar-refractivity contribution is 6.35. The molecule has 2 aromatic heterocycles. The summed E-state index contributed by atoms with van der Waals surface area (Å²) >= 11 is 11.9. The molecule has 23 heavy (non-hydrogen) atoms. The van der Waals surface area contributed by atoms with Crippen molar-refractivity contribution in [1.29, 1.82) is 0 Å². The second-order valence-electron chi connectivity index (χ2n) is 5.20. The van der Waals surface area contributed by atoms with Gasteiger partial charge in [0.1, 0.15) is 24.0 Å². The van der Waals surface area contributed by atoms with Crippen LogP contribution in [0.15, 0.2) is 30.6 Å². The molecule has 1 aromatic carbocycles. The first-order valence-electron chi connectivity index (χ1n) is 7.07. The lowest BCUT2D eigenvalue weighted by Gasteiger charge is -2.11. The zero-order chi connectivity index (χ0) is 15.8. The van der Waals surface area contributed by atoms with E-state index >= 15 is 0 Å². The molecule has 0 N–H and O–H groups in total. The Balaban J connectivity index is 1.65. The van der Waals surface area contributed by atoms with Gasteiger partial charge in [0.2, 0.25) is 5.28 Å². The highest BCUT2D eigenvalue weighted by Gasteiger charge is 2.23. The zero-order valence-corrected chi connectivity index (χ0v) is 13.5. The number of benzene rings is 1. The third-order valence-electron chi connectivity index (χ3n) is 3.53. The van der Waals surface area contributed by atoms with Crippen molar-refractivity contribution in [3.8, 4) is 5.75 Å². The molecule has 0 saturated carbocycles. The summed E-state index contributed by atoms with van der Waals surface area (Å²) in [4.78, 5) is 12.4. The third-order valence-corrected chi connectivity index (χ3v) is 3.97. The van der Waals surface area contributed by atoms with Crippen molar-refractivity contribution in [3.63, 3.8) is 0 Å². The van der Waals surface area contributed by atoms with Crippen LogP contribution in [0.1, 0.15) is 5.56 Å². The molecule has 0 amide bonds. The smallest absolute Gasteiger partial charge is 0.225 e. The lowest BCUT2D eigenvalue weighted by Crippen LogP contribution is -2.08. The Kier molecular flexibility index (Phi) is 3.80. The van der Waals surface area contributed by atoms with E-state index in [0.29, 0.717) is 24.3 Å². The molecular weight excluding hydrogens is 339 g/mol. The molecule has 3 heterocycles. The topological polar surface area (TPSA) is 65.4 Å². The number of hydrogen-bond acceptors (Lipinski definition) is 5. The van der Waals surface area contributed by atoms with Crippen molar-refractivity contribution in [1.82, 2.24) is 19.5 Å². The maximum Gasteiger partial charge on any atom is 0.225 e. The van der Waals surface area contributed by atoms with E-state index in [9.17, 15) is 0 Å². The van der Waals surface area contributed by atoms with Crippen LogP contribution in [0, 0.1) is 0 Å². The monoisotopic (exact) mass is 350 g/mol. The maximum absolute atomic E-state index is 6.05. The fourth-order valence-corrected chi connectivity index (χ4v) is 2.73. The number of ether oxygens (including phenoxy) is 2. The van der Waals surface area contributed by atoms with Gasteiger partial charge in [0.15, 0.2) is 10.8 Å². The molecule has 1 aliphatic rings. The second-order valence-corrected chi connectivity index (χ2v) is 5.90. The van der Waals surface area contributed by atoms with Gasteiger partial charge in [-0.05, 0) is 17.7 Å². The van der Waals surface area contributed by atoms with E-state index in [4.69, 9.17) is 32.7 Å². The summed E-state index contributed by atoms with van der Waals surface area (Å²) in [5.74, 6) is 0.816. The van der Waals surface area contributed by atoms with Gasteiger partial charge in [0, 0.05) is 5.56 Å². The van der Waals surface area contributed by atoms with Crippen molar-refractivity contribution in [2.45, 2.75) is 12.6 Å². The highest BCUT2D eigenvalue weighted by Crippen LogP contribution is 2.25. The molecule has 1 atom stereocenters. The molecule has 3 aromatic rings. The first kappa shape index (κ1) is 14.7. The van der Waals surface area contributed by atoms with E-state index in [-0.39, 0.29) is 16.5 Å². The van der Waals surface area contributed by atoms with E-state index in [2.05, 4.69) is 15.0 Å². The number of imidazole rings is 1. The number of aromatic nitrogens is 4. The Morgan fingerprint density at radius 2 is 2.09 bits per heavy atom. The van der Waals surface area contributed by atoms with Gasteiger partial charge >= 0.3 is 0 Å². The Morgan fingerprint density at radius 1 is 1.26 bits per heavy atom. The molecule has 4 rings (SSSR count). The van der Waals surface area contributed by atoms with Crippen molar-refractivity contribution in [2.24, 2.45) is 0 Å². The molecule has 1 unspecified atom stereocenters. The van der Waals surface area contributed by atoms with E-state index in [1.807, 2.05) is 28.8 Å². The molecule has 0 spiro atoms. The van der Waals surface area contributed by atoms with Crippen LogP contribution in [0.5, 0.6) is 5.75 Å². The third kappa shape index (κ3) is 3.10. The first-order valence-corrected chi connectivity index (χ1v) is 7.82. The Bertz CT molecular complexity index is 864. The number of rotatable bonds is 5. The van der Waals surface area contributed by atoms with E-state index in [1.54, 1.807) is 6.33 Å². The second kappa shape index (κ2) is 5.96. The number of para-hydroxylation sites is 1. The normalized spacial score (nSPS) is 16.7. The Hall–Kier alpha value is -1.89. The predicted octanol–water partition coefficient (Wildman–Crippen LogP) is 2.96. The van der Waals surface area contributed by atoms with E-state index in [0.717, 1.165) is 17.9 Å². The molecule has 0 radical (unpaired) electrons. The van der Waals surface area contributed by atoms with Gasteiger partial charge in [-0.2, -0.15) is 4.98 Å². The van der Waals surface area contributed by atoms with Gasteiger partial charge in [0.05, 0.1) is 19.5 Å². The number of halogens is 2. The summed E-state index contributed by atoms with van der Waals surface area (Å²) in [5.41, 5.74) is 2.13. The number of hydrogen-bond donors (Lipinski definition) is 0. The van der Waals surface area contributed by atoms with Crippen LogP contribution in [-0.2, 0) is 11.3 Å². The van der Waals surface area contributed by atoms with Gasteiger partial charge < -0.3 is 14.0 Å². The number of fused-ring (bicyclic) bond motifs is 1. The Labute approximate surface area is 142 Å². The van der Waals surface area contributed by atoms with Crippen LogP contribution < -0.4 is 4.74 Å². The Morgan fingerprint density at radius 3 is 2.91 bits per heavy atom. The molecular formula is C15H12Cl2N4O2. The van der Waals surface area contributed by atoms with Crippen molar-refractivity contribution in [2.75, 3.05) is 13.2 Å². The zero-order valence-electron chi connectivity index (χ0n) is 11.9. The fraction of sp³-hybridized carbons (Fsp3) is 0.267. The molecule has 0 bridgehead atoms. The summed E-state index contributed by atoms with van der Waals surface area (Å²) in [7, 11) is 0. The summed E-state index contributed by atoms with van der Waals surface area (Å²) < 4.78 is 12.9. The SMILES string of the molecule is Clc1nc(Cl)c2ncn(Cc3ccccc3OCC3CO3)c2n1. The molecule has 8 heteroatoms. The number of nitrogens with zero attached hydrogens (tertiary/aromatic N) is 4. The summed E-state index contributed by atoms with van der Waals surface area (Å²) in [6.45, 7) is 1.87. The van der Waals surface area contributed by atoms with Crippen LogP contribution in [-0.4, -0.2) is 38.8 Å². The van der Waals surface area contributed by atoms with Gasteiger partial charge in [-0.15, -0.1) is 0 Å². The largest absolute Gasteiger partial charge is 0.490 e. The van der Waals surface area contributed by atoms with Crippen molar-refractivity contribution in [3.05, 3.63) is 46.6 Å². The molecule has 118 valence electrons. The molecule has 0 aliphatic carbocycles. The van der Waals surface area contributed by atoms with Crippen LogP contribution in [0.25, 0.3) is 11.2 Å². The standard InChI is InChI=1S/C15H12Cl2N4O2/c16-13-12-14(20-15(17)19-13)21(8-18-12)5-9-3-1-2-4-11(9)23-7-10-6-22-10/h1-4,8,10H,5-7H2. The fourth-order valence-electron chi connectivity index (χ4n) is 2.31. The molecule has 6 nitrogen and oxygen atoms in total. The minimum atomic E-state index is 0.0969. The minimum absolute atomic E-state index is 0.0969. The van der Waals surface area contributed by atoms with Crippen LogP contribution >= 0.6 is 23.2 Å². The molecule has 1 saturated heterocycles. The molecule has 1 aliphatic heterocycles. The van der Waals surface area contributed by atoms with Crippen molar-refractivity contribution >= 4 is 34.4 Å². The average Bonchev–Trinajstić information content (AvgIpc) is 3.28. The summed E-state index contributed by atoms with van der Waals surface area (Å²) in [6.07, 6.45) is 1.88. The lowest BCUT2D eigenvalue weighted by atomic mass is 10.2. The predicted molar refractivity (Wildman–Crippen MR) is 86.1 cm³/mol. The van der Waals surface area contributed by atoms with Gasteiger partial charge in [-0.1, -0.05) is 29.8 Å². The van der Waals surface area contributed by atoms with Gasteiger partial charge in [-0.3, -0.25) is 0 Å². The van der Waals surface area contributed by atoms with Crippen molar-refractivity contribution < 1.29 is 9.47 Å². The highest BCUT2D eigenvalue weighted by atomic mass is 35.5. The quantitative estimate of drug-likeness (QED) is 0.402. The van der Waals surface area contributed by atoms with Gasteiger partial charge in [-0.25, -0.2) is 9.97 Å². The first-order chi connectivity index (χ1) is 11.2. The number of epoxide rings is 1. The minimum Gasteiger partial charge on any atom is -0.490 e. The van der Waals surface area contributed by atoms with Crippen LogP contribution in [0.3, 0.4) is 0 Å². The van der Waals surface area contributed by atoms with Gasteiger partial charge in [0.25, 0.3) is 0 Å². The van der Waals surface area contributed by atoms with Crippen LogP contribution in [0.4, 0.5) is 0 Å². The molecule has 1 fully saturated rings. The summed E-state index contributed by atoms with van der Waals surface area (Å²) in [6, 6.07) is 7.84.